The molecular weight excluding hydrogens is 420 g/mol. The van der Waals surface area contributed by atoms with Crippen LogP contribution in [0.3, 0.4) is 0 Å². The van der Waals surface area contributed by atoms with Crippen LogP contribution < -0.4 is 9.64 Å². The maximum atomic E-state index is 9.84. The summed E-state index contributed by atoms with van der Waals surface area (Å²) in [6, 6.07) is 24.8. The Labute approximate surface area is 204 Å². The Balaban J connectivity index is 1.64. The summed E-state index contributed by atoms with van der Waals surface area (Å²) < 4.78 is 5.89. The fraction of sp³-hybridized carbons (Fsp3) is 0.333. The molecule has 1 aliphatic rings. The lowest BCUT2D eigenvalue weighted by Crippen LogP contribution is -2.29. The van der Waals surface area contributed by atoms with Gasteiger partial charge in [-0.1, -0.05) is 36.4 Å². The van der Waals surface area contributed by atoms with Crippen LogP contribution >= 0.6 is 0 Å². The lowest BCUT2D eigenvalue weighted by molar-refractivity contribution is 0.261. The van der Waals surface area contributed by atoms with Crippen molar-refractivity contribution in [2.24, 2.45) is 0 Å². The van der Waals surface area contributed by atoms with Crippen molar-refractivity contribution in [2.45, 2.75) is 26.2 Å². The van der Waals surface area contributed by atoms with Gasteiger partial charge in [0.1, 0.15) is 18.1 Å². The van der Waals surface area contributed by atoms with Crippen LogP contribution in [-0.4, -0.2) is 50.3 Å². The van der Waals surface area contributed by atoms with Crippen molar-refractivity contribution in [2.75, 3.05) is 45.2 Å². The van der Waals surface area contributed by atoms with Crippen molar-refractivity contribution in [1.29, 1.82) is 0 Å². The molecule has 3 aromatic rings. The zero-order valence-electron chi connectivity index (χ0n) is 20.6. The second-order valence-electron chi connectivity index (χ2n) is 9.32. The summed E-state index contributed by atoms with van der Waals surface area (Å²) in [5.41, 5.74) is 7.08. The first kappa shape index (κ1) is 23.9. The van der Waals surface area contributed by atoms with Gasteiger partial charge in [-0.2, -0.15) is 0 Å². The molecule has 178 valence electrons. The quantitative estimate of drug-likeness (QED) is 0.404. The van der Waals surface area contributed by atoms with E-state index in [1.807, 2.05) is 38.4 Å². The largest absolute Gasteiger partial charge is 0.508 e. The number of allylic oxidation sites excluding steroid dienone is 1. The van der Waals surface area contributed by atoms with E-state index in [1.165, 1.54) is 36.1 Å². The fourth-order valence-corrected chi connectivity index (χ4v) is 4.51. The van der Waals surface area contributed by atoms with Crippen LogP contribution in [0, 0.1) is 0 Å². The zero-order valence-corrected chi connectivity index (χ0v) is 20.6. The van der Waals surface area contributed by atoms with E-state index in [0.717, 1.165) is 42.1 Å². The first-order chi connectivity index (χ1) is 16.5. The van der Waals surface area contributed by atoms with Gasteiger partial charge >= 0.3 is 0 Å². The molecule has 0 spiro atoms. The SMILES string of the molecule is C/C(=C(/c1ccc(O)cc1)c1ccc(OCCN(C)C)cc1)c1ccc(N2CCCCC2)cc1. The van der Waals surface area contributed by atoms with E-state index >= 15 is 0 Å². The molecule has 4 nitrogen and oxygen atoms in total. The Bertz CT molecular complexity index is 1080. The highest BCUT2D eigenvalue weighted by Crippen LogP contribution is 2.34. The van der Waals surface area contributed by atoms with Gasteiger partial charge in [-0.25, -0.2) is 0 Å². The van der Waals surface area contributed by atoms with Gasteiger partial charge in [0.2, 0.25) is 0 Å². The fourth-order valence-electron chi connectivity index (χ4n) is 4.51. The number of aromatic hydroxyl groups is 1. The Morgan fingerprint density at radius 1 is 0.794 bits per heavy atom. The molecule has 4 rings (SSSR count). The van der Waals surface area contributed by atoms with E-state index in [1.54, 1.807) is 12.1 Å². The van der Waals surface area contributed by atoms with E-state index in [4.69, 9.17) is 4.74 Å². The molecule has 1 aliphatic heterocycles. The molecule has 3 aromatic carbocycles. The van der Waals surface area contributed by atoms with Gasteiger partial charge in [0, 0.05) is 25.3 Å². The van der Waals surface area contributed by atoms with Crippen molar-refractivity contribution in [1.82, 2.24) is 4.90 Å². The molecule has 0 aromatic heterocycles. The lowest BCUT2D eigenvalue weighted by atomic mass is 9.90. The first-order valence-corrected chi connectivity index (χ1v) is 12.2. The molecule has 0 unspecified atom stereocenters. The number of hydrogen-bond acceptors (Lipinski definition) is 4. The molecule has 0 aliphatic carbocycles. The molecule has 0 atom stereocenters. The number of anilines is 1. The molecule has 1 saturated heterocycles. The topological polar surface area (TPSA) is 35.9 Å². The molecule has 34 heavy (non-hydrogen) atoms. The minimum atomic E-state index is 0.274. The van der Waals surface area contributed by atoms with Crippen LogP contribution in [0.2, 0.25) is 0 Å². The van der Waals surface area contributed by atoms with E-state index in [2.05, 4.69) is 53.1 Å². The highest BCUT2D eigenvalue weighted by molar-refractivity contribution is 5.98. The van der Waals surface area contributed by atoms with Gasteiger partial charge in [0.15, 0.2) is 0 Å². The number of nitrogens with zero attached hydrogens (tertiary/aromatic N) is 2. The third kappa shape index (κ3) is 6.00. The number of phenols is 1. The minimum Gasteiger partial charge on any atom is -0.508 e. The van der Waals surface area contributed by atoms with E-state index in [9.17, 15) is 5.11 Å². The monoisotopic (exact) mass is 456 g/mol. The van der Waals surface area contributed by atoms with Crippen molar-refractivity contribution >= 4 is 16.8 Å². The third-order valence-electron chi connectivity index (χ3n) is 6.50. The summed E-state index contributed by atoms with van der Waals surface area (Å²) in [5, 5.41) is 9.84. The zero-order chi connectivity index (χ0) is 23.9. The van der Waals surface area contributed by atoms with Crippen LogP contribution in [0.1, 0.15) is 42.9 Å². The number of phenolic OH excluding ortho intramolecular Hbond substituents is 1. The van der Waals surface area contributed by atoms with Gasteiger partial charge in [-0.3, -0.25) is 0 Å². The molecular formula is C30H36N2O2. The van der Waals surface area contributed by atoms with Gasteiger partial charge in [0.25, 0.3) is 0 Å². The molecule has 4 heteroatoms. The minimum absolute atomic E-state index is 0.274. The average Bonchev–Trinajstić information content (AvgIpc) is 2.87. The maximum absolute atomic E-state index is 9.84. The van der Waals surface area contributed by atoms with Crippen LogP contribution in [-0.2, 0) is 0 Å². The van der Waals surface area contributed by atoms with E-state index in [0.29, 0.717) is 6.61 Å². The van der Waals surface area contributed by atoms with Crippen molar-refractivity contribution in [3.05, 3.63) is 89.5 Å². The third-order valence-corrected chi connectivity index (χ3v) is 6.50. The average molecular weight is 457 g/mol. The maximum Gasteiger partial charge on any atom is 0.119 e. The second-order valence-corrected chi connectivity index (χ2v) is 9.32. The number of hydrogen-bond donors (Lipinski definition) is 1. The van der Waals surface area contributed by atoms with Gasteiger partial charge in [-0.15, -0.1) is 0 Å². The summed E-state index contributed by atoms with van der Waals surface area (Å²) in [6.45, 7) is 6.02. The number of likely N-dealkylation sites (N-methyl/N-ethyl adjacent to an activating group) is 1. The Kier molecular flexibility index (Phi) is 7.91. The predicted molar refractivity (Wildman–Crippen MR) is 143 cm³/mol. The van der Waals surface area contributed by atoms with Crippen LogP contribution in [0.15, 0.2) is 72.8 Å². The van der Waals surface area contributed by atoms with Crippen molar-refractivity contribution < 1.29 is 9.84 Å². The molecule has 0 saturated carbocycles. The number of piperidine rings is 1. The van der Waals surface area contributed by atoms with Gasteiger partial charge in [-0.05, 0) is 105 Å². The number of rotatable bonds is 8. The van der Waals surface area contributed by atoms with Gasteiger partial charge in [0.05, 0.1) is 0 Å². The number of benzene rings is 3. The first-order valence-electron chi connectivity index (χ1n) is 12.2. The molecule has 0 radical (unpaired) electrons. The van der Waals surface area contributed by atoms with Crippen molar-refractivity contribution in [3.63, 3.8) is 0 Å². The van der Waals surface area contributed by atoms with E-state index < -0.39 is 0 Å². The summed E-state index contributed by atoms with van der Waals surface area (Å²) in [6.07, 6.45) is 3.90. The van der Waals surface area contributed by atoms with Crippen LogP contribution in [0.5, 0.6) is 11.5 Å². The highest BCUT2D eigenvalue weighted by Gasteiger charge is 2.14. The summed E-state index contributed by atoms with van der Waals surface area (Å²) in [7, 11) is 4.09. The van der Waals surface area contributed by atoms with Crippen LogP contribution in [0.25, 0.3) is 11.1 Å². The molecule has 1 N–H and O–H groups in total. The molecule has 0 amide bonds. The predicted octanol–water partition coefficient (Wildman–Crippen LogP) is 6.30. The summed E-state index contributed by atoms with van der Waals surface area (Å²) in [4.78, 5) is 4.60. The lowest BCUT2D eigenvalue weighted by Gasteiger charge is -2.29. The smallest absolute Gasteiger partial charge is 0.119 e. The van der Waals surface area contributed by atoms with Crippen molar-refractivity contribution in [3.8, 4) is 11.5 Å². The Morgan fingerprint density at radius 2 is 1.35 bits per heavy atom. The van der Waals surface area contributed by atoms with Crippen LogP contribution in [0.4, 0.5) is 5.69 Å². The standard InChI is InChI=1S/C30H36N2O2/c1-23(24-7-13-27(14-8-24)32-19-5-4-6-20-32)30(25-9-15-28(33)16-10-25)26-11-17-29(18-12-26)34-22-21-31(2)3/h7-18,33H,4-6,19-22H2,1-3H3/b30-23+. The second kappa shape index (κ2) is 11.3. The Hall–Kier alpha value is -3.24. The van der Waals surface area contributed by atoms with E-state index in [-0.39, 0.29) is 5.75 Å². The molecule has 1 heterocycles. The summed E-state index contributed by atoms with van der Waals surface area (Å²) in [5.74, 6) is 1.15. The van der Waals surface area contributed by atoms with Gasteiger partial charge < -0.3 is 19.6 Å². The summed E-state index contributed by atoms with van der Waals surface area (Å²) >= 11 is 0. The molecule has 0 bridgehead atoms. The molecule has 1 fully saturated rings. The Morgan fingerprint density at radius 3 is 1.94 bits per heavy atom. The number of ether oxygens (including phenoxy) is 1. The normalized spacial score (nSPS) is 14.8. The highest BCUT2D eigenvalue weighted by atomic mass is 16.5.